The van der Waals surface area contributed by atoms with E-state index in [9.17, 15) is 9.59 Å². The Morgan fingerprint density at radius 1 is 1.12 bits per heavy atom. The van der Waals surface area contributed by atoms with Crippen molar-refractivity contribution in [1.29, 1.82) is 0 Å². The molecule has 0 aromatic rings. The predicted octanol–water partition coefficient (Wildman–Crippen LogP) is 0.442. The standard InChI is InChI=1S/C10H19N3O3/c1-4-16-10(15)13-7-5-12(6-8-13)9(14)11(2)3/h4-8H2,1-3H3. The van der Waals surface area contributed by atoms with Crippen LogP contribution in [0.15, 0.2) is 0 Å². The van der Waals surface area contributed by atoms with Gasteiger partial charge in [-0.2, -0.15) is 0 Å². The Hall–Kier alpha value is -1.46. The van der Waals surface area contributed by atoms with E-state index in [2.05, 4.69) is 0 Å². The fourth-order valence-corrected chi connectivity index (χ4v) is 1.58. The van der Waals surface area contributed by atoms with Gasteiger partial charge >= 0.3 is 12.1 Å². The number of amides is 3. The summed E-state index contributed by atoms with van der Waals surface area (Å²) in [7, 11) is 3.44. The average Bonchev–Trinajstić information content (AvgIpc) is 2.28. The van der Waals surface area contributed by atoms with Crippen LogP contribution < -0.4 is 0 Å². The van der Waals surface area contributed by atoms with Crippen molar-refractivity contribution < 1.29 is 14.3 Å². The van der Waals surface area contributed by atoms with Gasteiger partial charge in [-0.15, -0.1) is 0 Å². The predicted molar refractivity (Wildman–Crippen MR) is 59.3 cm³/mol. The smallest absolute Gasteiger partial charge is 0.409 e. The number of piperazine rings is 1. The zero-order valence-electron chi connectivity index (χ0n) is 10.1. The average molecular weight is 229 g/mol. The van der Waals surface area contributed by atoms with Crippen molar-refractivity contribution in [3.8, 4) is 0 Å². The van der Waals surface area contributed by atoms with Crippen molar-refractivity contribution in [3.05, 3.63) is 0 Å². The van der Waals surface area contributed by atoms with Crippen LogP contribution in [0.1, 0.15) is 6.92 Å². The molecule has 0 aromatic carbocycles. The molecule has 6 heteroatoms. The van der Waals surface area contributed by atoms with Crippen LogP contribution in [-0.4, -0.2) is 73.7 Å². The molecule has 0 aliphatic carbocycles. The van der Waals surface area contributed by atoms with E-state index in [1.165, 1.54) is 0 Å². The van der Waals surface area contributed by atoms with Gasteiger partial charge in [0, 0.05) is 40.3 Å². The zero-order valence-corrected chi connectivity index (χ0v) is 10.1. The second-order valence-electron chi connectivity index (χ2n) is 3.85. The van der Waals surface area contributed by atoms with Gasteiger partial charge in [0.1, 0.15) is 0 Å². The maximum absolute atomic E-state index is 11.6. The van der Waals surface area contributed by atoms with E-state index in [1.807, 2.05) is 0 Å². The van der Waals surface area contributed by atoms with Crippen LogP contribution in [-0.2, 0) is 4.74 Å². The lowest BCUT2D eigenvalue weighted by Gasteiger charge is -2.35. The van der Waals surface area contributed by atoms with E-state index in [1.54, 1.807) is 35.7 Å². The van der Waals surface area contributed by atoms with Gasteiger partial charge < -0.3 is 19.4 Å². The third kappa shape index (κ3) is 3.01. The summed E-state index contributed by atoms with van der Waals surface area (Å²) in [5.41, 5.74) is 0. The van der Waals surface area contributed by atoms with E-state index in [-0.39, 0.29) is 12.1 Å². The molecule has 0 bridgehead atoms. The first kappa shape index (κ1) is 12.6. The van der Waals surface area contributed by atoms with E-state index >= 15 is 0 Å². The number of hydrogen-bond donors (Lipinski definition) is 0. The van der Waals surface area contributed by atoms with Crippen molar-refractivity contribution in [3.63, 3.8) is 0 Å². The van der Waals surface area contributed by atoms with Crippen LogP contribution in [0.2, 0.25) is 0 Å². The largest absolute Gasteiger partial charge is 0.450 e. The van der Waals surface area contributed by atoms with Gasteiger partial charge in [-0.3, -0.25) is 0 Å². The van der Waals surface area contributed by atoms with Crippen molar-refractivity contribution in [2.24, 2.45) is 0 Å². The summed E-state index contributed by atoms with van der Waals surface area (Å²) in [4.78, 5) is 27.9. The van der Waals surface area contributed by atoms with Crippen molar-refractivity contribution in [2.45, 2.75) is 6.92 Å². The summed E-state index contributed by atoms with van der Waals surface area (Å²) < 4.78 is 4.90. The zero-order chi connectivity index (χ0) is 12.1. The SMILES string of the molecule is CCOC(=O)N1CCN(C(=O)N(C)C)CC1. The first-order chi connectivity index (χ1) is 7.56. The molecule has 0 unspecified atom stereocenters. The number of rotatable bonds is 1. The number of nitrogens with zero attached hydrogens (tertiary/aromatic N) is 3. The minimum atomic E-state index is -0.292. The molecule has 0 atom stereocenters. The van der Waals surface area contributed by atoms with Gasteiger partial charge in [0.2, 0.25) is 0 Å². The van der Waals surface area contributed by atoms with Crippen LogP contribution in [0.5, 0.6) is 0 Å². The summed E-state index contributed by atoms with van der Waals surface area (Å²) in [5.74, 6) is 0. The van der Waals surface area contributed by atoms with Crippen LogP contribution in [0.4, 0.5) is 9.59 Å². The highest BCUT2D eigenvalue weighted by molar-refractivity contribution is 5.74. The van der Waals surface area contributed by atoms with Gasteiger partial charge in [-0.05, 0) is 6.92 Å². The molecule has 0 aromatic heterocycles. The quantitative estimate of drug-likeness (QED) is 0.655. The maximum Gasteiger partial charge on any atom is 0.409 e. The summed E-state index contributed by atoms with van der Waals surface area (Å²) in [6, 6.07) is -0.0106. The summed E-state index contributed by atoms with van der Waals surface area (Å²) in [5, 5.41) is 0. The van der Waals surface area contributed by atoms with Gasteiger partial charge in [-0.1, -0.05) is 0 Å². The molecule has 3 amide bonds. The highest BCUT2D eigenvalue weighted by Gasteiger charge is 2.25. The van der Waals surface area contributed by atoms with Crippen LogP contribution >= 0.6 is 0 Å². The fraction of sp³-hybridized carbons (Fsp3) is 0.800. The van der Waals surface area contributed by atoms with Crippen LogP contribution in [0, 0.1) is 0 Å². The third-order valence-corrected chi connectivity index (χ3v) is 2.46. The third-order valence-electron chi connectivity index (χ3n) is 2.46. The molecule has 1 heterocycles. The second-order valence-corrected chi connectivity index (χ2v) is 3.85. The number of hydrogen-bond acceptors (Lipinski definition) is 3. The normalized spacial score (nSPS) is 15.9. The van der Waals surface area contributed by atoms with E-state index in [0.717, 1.165) is 0 Å². The molecule has 0 spiro atoms. The molecule has 1 aliphatic heterocycles. The van der Waals surface area contributed by atoms with Gasteiger partial charge in [0.05, 0.1) is 6.61 Å². The molecule has 0 radical (unpaired) electrons. The molecule has 0 N–H and O–H groups in total. The fourth-order valence-electron chi connectivity index (χ4n) is 1.58. The minimum absolute atomic E-state index is 0.0106. The Morgan fingerprint density at radius 3 is 2.06 bits per heavy atom. The monoisotopic (exact) mass is 229 g/mol. The number of urea groups is 1. The topological polar surface area (TPSA) is 53.1 Å². The van der Waals surface area contributed by atoms with Gasteiger partial charge in [0.25, 0.3) is 0 Å². The molecule has 16 heavy (non-hydrogen) atoms. The highest BCUT2D eigenvalue weighted by atomic mass is 16.6. The Balaban J connectivity index is 2.39. The van der Waals surface area contributed by atoms with E-state index < -0.39 is 0 Å². The van der Waals surface area contributed by atoms with E-state index in [0.29, 0.717) is 32.8 Å². The molecule has 92 valence electrons. The number of carbonyl (C=O) groups is 2. The molecular weight excluding hydrogens is 210 g/mol. The molecule has 1 aliphatic rings. The first-order valence-electron chi connectivity index (χ1n) is 5.44. The summed E-state index contributed by atoms with van der Waals surface area (Å²) in [6.07, 6.45) is -0.292. The number of ether oxygens (including phenoxy) is 1. The molecular formula is C10H19N3O3. The van der Waals surface area contributed by atoms with E-state index in [4.69, 9.17) is 4.74 Å². The summed E-state index contributed by atoms with van der Waals surface area (Å²) >= 11 is 0. The Labute approximate surface area is 95.7 Å². The Morgan fingerprint density at radius 2 is 1.62 bits per heavy atom. The molecule has 6 nitrogen and oxygen atoms in total. The minimum Gasteiger partial charge on any atom is -0.450 e. The lowest BCUT2D eigenvalue weighted by Crippen LogP contribution is -2.52. The molecule has 1 rings (SSSR count). The van der Waals surface area contributed by atoms with Crippen LogP contribution in [0.25, 0.3) is 0 Å². The van der Waals surface area contributed by atoms with Crippen molar-refractivity contribution in [2.75, 3.05) is 46.9 Å². The summed E-state index contributed by atoms with van der Waals surface area (Å²) in [6.45, 7) is 4.38. The Kier molecular flexibility index (Phi) is 4.39. The lowest BCUT2D eigenvalue weighted by atomic mass is 10.3. The van der Waals surface area contributed by atoms with Crippen LogP contribution in [0.3, 0.4) is 0 Å². The second kappa shape index (κ2) is 5.58. The van der Waals surface area contributed by atoms with Gasteiger partial charge in [0.15, 0.2) is 0 Å². The first-order valence-corrected chi connectivity index (χ1v) is 5.44. The molecule has 0 saturated carbocycles. The highest BCUT2D eigenvalue weighted by Crippen LogP contribution is 2.05. The van der Waals surface area contributed by atoms with Crippen molar-refractivity contribution in [1.82, 2.24) is 14.7 Å². The van der Waals surface area contributed by atoms with Crippen molar-refractivity contribution >= 4 is 12.1 Å². The molecule has 1 saturated heterocycles. The van der Waals surface area contributed by atoms with Gasteiger partial charge in [-0.25, -0.2) is 9.59 Å². The maximum atomic E-state index is 11.6. The lowest BCUT2D eigenvalue weighted by molar-refractivity contribution is 0.0814. The Bertz CT molecular complexity index is 260. The molecule has 1 fully saturated rings. The number of carbonyl (C=O) groups excluding carboxylic acids is 2.